The fourth-order valence-electron chi connectivity index (χ4n) is 1.21. The Morgan fingerprint density at radius 1 is 1.44 bits per heavy atom. The normalized spacial score (nSPS) is 12.4. The summed E-state index contributed by atoms with van der Waals surface area (Å²) >= 11 is 3.51. The lowest BCUT2D eigenvalue weighted by Gasteiger charge is -2.04. The van der Waals surface area contributed by atoms with Crippen molar-refractivity contribution in [3.8, 4) is 0 Å². The minimum Gasteiger partial charge on any atom is -0.327 e. The average Bonchev–Trinajstić information content (AvgIpc) is 2.68. The number of benzene rings is 1. The first-order valence-corrected chi connectivity index (χ1v) is 6.83. The molecule has 1 heterocycles. The Hall–Kier alpha value is -0.290. The van der Waals surface area contributed by atoms with E-state index >= 15 is 0 Å². The van der Waals surface area contributed by atoms with Gasteiger partial charge in [0, 0.05) is 11.8 Å². The number of fused-ring (bicyclic) bond motifs is 1. The molecule has 0 radical (unpaired) electrons. The second-order valence-corrected chi connectivity index (χ2v) is 5.72. The second-order valence-electron chi connectivity index (χ2n) is 3.43. The summed E-state index contributed by atoms with van der Waals surface area (Å²) in [7, 11) is 0. The molecule has 0 aliphatic heterocycles. The first-order valence-electron chi connectivity index (χ1n) is 5.03. The number of hydrogen-bond acceptors (Lipinski definition) is 4. The van der Waals surface area contributed by atoms with E-state index in [2.05, 4.69) is 24.0 Å². The number of nitrogens with two attached hydrogens (primary N) is 1. The van der Waals surface area contributed by atoms with E-state index < -0.39 is 0 Å². The van der Waals surface area contributed by atoms with Crippen LogP contribution in [0, 0.1) is 0 Å². The van der Waals surface area contributed by atoms with Gasteiger partial charge in [-0.25, -0.2) is 4.98 Å². The van der Waals surface area contributed by atoms with Crippen molar-refractivity contribution in [2.24, 2.45) is 5.73 Å². The molecule has 2 N–H and O–H groups in total. The number of thioether (sulfide) groups is 1. The van der Waals surface area contributed by atoms with Crippen molar-refractivity contribution < 1.29 is 0 Å². The molecule has 0 saturated carbocycles. The van der Waals surface area contributed by atoms with Gasteiger partial charge in [-0.3, -0.25) is 0 Å². The van der Waals surface area contributed by atoms with Crippen LogP contribution in [0.2, 0.25) is 0 Å². The van der Waals surface area contributed by atoms with E-state index in [0.717, 1.165) is 22.0 Å². The Bertz CT molecular complexity index is 411. The van der Waals surface area contributed by atoms with Gasteiger partial charge in [0.15, 0.2) is 4.34 Å². The van der Waals surface area contributed by atoms with Gasteiger partial charge >= 0.3 is 0 Å². The number of nitrogens with zero attached hydrogens (tertiary/aromatic N) is 1. The van der Waals surface area contributed by atoms with Crippen molar-refractivity contribution >= 4 is 45.7 Å². The van der Waals surface area contributed by atoms with Crippen LogP contribution >= 0.6 is 35.5 Å². The molecule has 5 heteroatoms. The van der Waals surface area contributed by atoms with Crippen LogP contribution in [-0.4, -0.2) is 16.8 Å². The van der Waals surface area contributed by atoms with Crippen LogP contribution in [0.25, 0.3) is 10.2 Å². The molecule has 0 fully saturated rings. The Kier molecular flexibility index (Phi) is 5.55. The van der Waals surface area contributed by atoms with Crippen LogP contribution in [0.15, 0.2) is 28.6 Å². The first-order chi connectivity index (χ1) is 7.29. The van der Waals surface area contributed by atoms with Crippen LogP contribution in [0.1, 0.15) is 13.3 Å². The zero-order valence-corrected chi connectivity index (χ0v) is 11.5. The molecule has 1 aromatic heterocycles. The summed E-state index contributed by atoms with van der Waals surface area (Å²) in [4.78, 5) is 4.54. The molecule has 1 aromatic carbocycles. The number of rotatable bonds is 4. The molecule has 1 atom stereocenters. The standard InChI is InChI=1S/C11H14N2S2.ClH/c1-2-8(12)7-14-11-13-9-5-3-4-6-10(9)15-11;/h3-6,8H,2,7,12H2,1H3;1H/t8-;/m1./s1. The fourth-order valence-corrected chi connectivity index (χ4v) is 3.37. The monoisotopic (exact) mass is 274 g/mol. The van der Waals surface area contributed by atoms with Crippen molar-refractivity contribution in [3.63, 3.8) is 0 Å². The van der Waals surface area contributed by atoms with E-state index in [-0.39, 0.29) is 18.4 Å². The quantitative estimate of drug-likeness (QED) is 0.867. The molecular weight excluding hydrogens is 260 g/mol. The van der Waals surface area contributed by atoms with E-state index in [1.165, 1.54) is 4.70 Å². The molecule has 0 aliphatic rings. The minimum absolute atomic E-state index is 0. The zero-order valence-electron chi connectivity index (χ0n) is 9.05. The predicted molar refractivity (Wildman–Crippen MR) is 75.9 cm³/mol. The fraction of sp³-hybridized carbons (Fsp3) is 0.364. The maximum absolute atomic E-state index is 5.87. The van der Waals surface area contributed by atoms with Gasteiger partial charge in [0.1, 0.15) is 0 Å². The summed E-state index contributed by atoms with van der Waals surface area (Å²) in [5, 5.41) is 0. The van der Waals surface area contributed by atoms with Gasteiger partial charge in [-0.1, -0.05) is 30.8 Å². The molecule has 0 saturated heterocycles. The molecule has 0 aliphatic carbocycles. The third-order valence-electron chi connectivity index (χ3n) is 2.22. The molecule has 0 amide bonds. The Balaban J connectivity index is 0.00000128. The highest BCUT2D eigenvalue weighted by Crippen LogP contribution is 2.29. The summed E-state index contributed by atoms with van der Waals surface area (Å²) < 4.78 is 2.38. The molecular formula is C11H15ClN2S2. The van der Waals surface area contributed by atoms with Gasteiger partial charge < -0.3 is 5.73 Å². The minimum atomic E-state index is 0. The van der Waals surface area contributed by atoms with Crippen molar-refractivity contribution in [3.05, 3.63) is 24.3 Å². The topological polar surface area (TPSA) is 38.9 Å². The highest BCUT2D eigenvalue weighted by Gasteiger charge is 2.05. The first kappa shape index (κ1) is 13.8. The van der Waals surface area contributed by atoms with E-state index in [4.69, 9.17) is 5.73 Å². The maximum atomic E-state index is 5.87. The van der Waals surface area contributed by atoms with E-state index in [9.17, 15) is 0 Å². The van der Waals surface area contributed by atoms with Gasteiger partial charge in [0.25, 0.3) is 0 Å². The summed E-state index contributed by atoms with van der Waals surface area (Å²) in [6, 6.07) is 8.51. The van der Waals surface area contributed by atoms with Crippen molar-refractivity contribution in [2.45, 2.75) is 23.7 Å². The molecule has 2 rings (SSSR count). The number of hydrogen-bond donors (Lipinski definition) is 1. The highest BCUT2D eigenvalue weighted by molar-refractivity contribution is 8.01. The summed E-state index contributed by atoms with van der Waals surface area (Å²) in [6.07, 6.45) is 1.03. The van der Waals surface area contributed by atoms with Gasteiger partial charge in [0.2, 0.25) is 0 Å². The van der Waals surface area contributed by atoms with Crippen molar-refractivity contribution in [2.75, 3.05) is 5.75 Å². The van der Waals surface area contributed by atoms with Crippen LogP contribution in [-0.2, 0) is 0 Å². The summed E-state index contributed by atoms with van der Waals surface area (Å²) in [5.41, 5.74) is 6.96. The highest BCUT2D eigenvalue weighted by atomic mass is 35.5. The van der Waals surface area contributed by atoms with Crippen LogP contribution in [0.3, 0.4) is 0 Å². The average molecular weight is 275 g/mol. The number of para-hydroxylation sites is 1. The zero-order chi connectivity index (χ0) is 10.7. The van der Waals surface area contributed by atoms with Crippen molar-refractivity contribution in [1.29, 1.82) is 0 Å². The molecule has 16 heavy (non-hydrogen) atoms. The summed E-state index contributed by atoms with van der Waals surface area (Å²) in [6.45, 7) is 2.11. The molecule has 0 spiro atoms. The SMILES string of the molecule is CC[C@@H](N)CSc1nc2ccccc2s1.Cl. The molecule has 0 unspecified atom stereocenters. The molecule has 2 aromatic rings. The van der Waals surface area contributed by atoms with Crippen LogP contribution < -0.4 is 5.73 Å². The number of aromatic nitrogens is 1. The van der Waals surface area contributed by atoms with Gasteiger partial charge in [-0.05, 0) is 18.6 Å². The smallest absolute Gasteiger partial charge is 0.151 e. The Morgan fingerprint density at radius 2 is 2.19 bits per heavy atom. The molecule has 0 bridgehead atoms. The van der Waals surface area contributed by atoms with Gasteiger partial charge in [0.05, 0.1) is 10.2 Å². The Morgan fingerprint density at radius 3 is 2.88 bits per heavy atom. The number of thiazole rings is 1. The van der Waals surface area contributed by atoms with Crippen LogP contribution in [0.5, 0.6) is 0 Å². The van der Waals surface area contributed by atoms with E-state index in [0.29, 0.717) is 0 Å². The van der Waals surface area contributed by atoms with Gasteiger partial charge in [-0.2, -0.15) is 0 Å². The third-order valence-corrected chi connectivity index (χ3v) is 4.59. The van der Waals surface area contributed by atoms with E-state index in [1.807, 2.05) is 12.1 Å². The predicted octanol–water partition coefficient (Wildman–Crippen LogP) is 3.55. The van der Waals surface area contributed by atoms with Crippen molar-refractivity contribution in [1.82, 2.24) is 4.98 Å². The number of halogens is 1. The Labute approximate surface area is 110 Å². The molecule has 2 nitrogen and oxygen atoms in total. The third kappa shape index (κ3) is 3.35. The van der Waals surface area contributed by atoms with Gasteiger partial charge in [-0.15, -0.1) is 23.7 Å². The largest absolute Gasteiger partial charge is 0.327 e. The second kappa shape index (κ2) is 6.45. The lowest BCUT2D eigenvalue weighted by atomic mass is 10.3. The van der Waals surface area contributed by atoms with Crippen LogP contribution in [0.4, 0.5) is 0 Å². The maximum Gasteiger partial charge on any atom is 0.151 e. The lowest BCUT2D eigenvalue weighted by molar-refractivity contribution is 0.725. The molecule has 88 valence electrons. The summed E-state index contributed by atoms with van der Waals surface area (Å²) in [5.74, 6) is 0.955. The van der Waals surface area contributed by atoms with E-state index in [1.54, 1.807) is 23.1 Å². The lowest BCUT2D eigenvalue weighted by Crippen LogP contribution is -2.21.